The Bertz CT molecular complexity index is 960. The Hall–Kier alpha value is -2.72. The lowest BCUT2D eigenvalue weighted by atomic mass is 10.2. The number of sulfonamides is 1. The predicted molar refractivity (Wildman–Crippen MR) is 92.5 cm³/mol. The number of amides is 1. The first-order valence-electron chi connectivity index (χ1n) is 7.95. The lowest BCUT2D eigenvalue weighted by molar-refractivity contribution is -0.384. The highest BCUT2D eigenvalue weighted by molar-refractivity contribution is 7.89. The molecule has 2 heterocycles. The molecule has 9 nitrogen and oxygen atoms in total. The molecule has 138 valence electrons. The van der Waals surface area contributed by atoms with E-state index in [4.69, 9.17) is 4.42 Å². The van der Waals surface area contributed by atoms with Crippen LogP contribution in [0.3, 0.4) is 0 Å². The van der Waals surface area contributed by atoms with Crippen molar-refractivity contribution in [2.45, 2.75) is 24.9 Å². The quantitative estimate of drug-likeness (QED) is 0.629. The number of hydrogen-bond acceptors (Lipinski definition) is 6. The Morgan fingerprint density at radius 3 is 2.58 bits per heavy atom. The second-order valence-electron chi connectivity index (χ2n) is 5.94. The number of benzene rings is 1. The first-order valence-corrected chi connectivity index (χ1v) is 9.39. The van der Waals surface area contributed by atoms with Crippen LogP contribution in [0.4, 0.5) is 11.4 Å². The number of nitro groups is 1. The zero-order valence-corrected chi connectivity index (χ0v) is 14.8. The van der Waals surface area contributed by atoms with Gasteiger partial charge in [-0.05, 0) is 37.5 Å². The van der Waals surface area contributed by atoms with E-state index in [0.717, 1.165) is 12.8 Å². The smallest absolute Gasteiger partial charge is 0.291 e. The van der Waals surface area contributed by atoms with Crippen LogP contribution in [-0.2, 0) is 10.0 Å². The normalized spacial score (nSPS) is 15.1. The Balaban J connectivity index is 1.81. The van der Waals surface area contributed by atoms with E-state index in [9.17, 15) is 23.3 Å². The fraction of sp³-hybridized carbons (Fsp3) is 0.312. The number of carbonyl (C=O) groups is 1. The summed E-state index contributed by atoms with van der Waals surface area (Å²) in [7, 11) is -3.75. The van der Waals surface area contributed by atoms with Crippen molar-refractivity contribution in [3.05, 3.63) is 51.8 Å². The van der Waals surface area contributed by atoms with E-state index >= 15 is 0 Å². The fourth-order valence-electron chi connectivity index (χ4n) is 2.68. The number of rotatable bonds is 5. The molecule has 1 N–H and O–H groups in total. The monoisotopic (exact) mass is 379 g/mol. The van der Waals surface area contributed by atoms with Crippen molar-refractivity contribution < 1.29 is 22.6 Å². The first-order chi connectivity index (χ1) is 12.3. The molecule has 10 heteroatoms. The van der Waals surface area contributed by atoms with Crippen molar-refractivity contribution in [2.24, 2.45) is 0 Å². The Labute approximate surface area is 149 Å². The third kappa shape index (κ3) is 3.46. The summed E-state index contributed by atoms with van der Waals surface area (Å²) in [5.41, 5.74) is 0.715. The summed E-state index contributed by atoms with van der Waals surface area (Å²) in [5, 5.41) is 13.1. The Morgan fingerprint density at radius 2 is 1.92 bits per heavy atom. The zero-order chi connectivity index (χ0) is 18.9. The summed E-state index contributed by atoms with van der Waals surface area (Å²) in [5.74, 6) is -0.870. The molecule has 1 aromatic carbocycles. The van der Waals surface area contributed by atoms with Crippen molar-refractivity contribution in [1.29, 1.82) is 0 Å². The van der Waals surface area contributed by atoms with Gasteiger partial charge in [-0.25, -0.2) is 8.42 Å². The second kappa shape index (κ2) is 6.89. The highest BCUT2D eigenvalue weighted by Crippen LogP contribution is 2.25. The van der Waals surface area contributed by atoms with Gasteiger partial charge in [-0.2, -0.15) is 4.31 Å². The van der Waals surface area contributed by atoms with Gasteiger partial charge in [0.25, 0.3) is 21.6 Å². The van der Waals surface area contributed by atoms with Crippen molar-refractivity contribution >= 4 is 27.3 Å². The molecule has 1 fully saturated rings. The van der Waals surface area contributed by atoms with Gasteiger partial charge in [0.15, 0.2) is 5.76 Å². The third-order valence-electron chi connectivity index (χ3n) is 4.14. The standard InChI is InChI=1S/C16H17N3O6S/c1-11-4-5-12(19(21)22)10-13(11)17-16(20)14-6-7-15(25-14)26(23,24)18-8-2-3-9-18/h4-7,10H,2-3,8-9H2,1H3,(H,17,20). The summed E-state index contributed by atoms with van der Waals surface area (Å²) in [4.78, 5) is 22.6. The van der Waals surface area contributed by atoms with E-state index in [1.54, 1.807) is 6.92 Å². The maximum absolute atomic E-state index is 12.4. The van der Waals surface area contributed by atoms with Crippen molar-refractivity contribution in [1.82, 2.24) is 4.31 Å². The molecule has 0 unspecified atom stereocenters. The number of furan rings is 1. The van der Waals surface area contributed by atoms with E-state index in [0.29, 0.717) is 18.7 Å². The molecule has 0 saturated carbocycles. The number of aryl methyl sites for hydroxylation is 1. The molecule has 0 bridgehead atoms. The summed E-state index contributed by atoms with van der Waals surface area (Å²) in [6.07, 6.45) is 1.58. The van der Waals surface area contributed by atoms with Gasteiger partial charge in [0.05, 0.1) is 10.6 Å². The highest BCUT2D eigenvalue weighted by atomic mass is 32.2. The number of non-ortho nitro benzene ring substituents is 1. The molecule has 1 aliphatic rings. The van der Waals surface area contributed by atoms with E-state index in [1.807, 2.05) is 0 Å². The summed E-state index contributed by atoms with van der Waals surface area (Å²) in [6.45, 7) is 2.54. The number of anilines is 1. The first kappa shape index (κ1) is 18.1. The number of nitro benzene ring substituents is 1. The predicted octanol–water partition coefficient (Wildman–Crippen LogP) is 2.53. The molecule has 0 radical (unpaired) electrons. The van der Waals surface area contributed by atoms with Crippen LogP contribution in [0, 0.1) is 17.0 Å². The van der Waals surface area contributed by atoms with Gasteiger partial charge in [-0.15, -0.1) is 0 Å². The van der Waals surface area contributed by atoms with Crippen molar-refractivity contribution in [2.75, 3.05) is 18.4 Å². The van der Waals surface area contributed by atoms with Gasteiger partial charge in [0.2, 0.25) is 5.09 Å². The van der Waals surface area contributed by atoms with Crippen LogP contribution in [0.25, 0.3) is 0 Å². The lowest BCUT2D eigenvalue weighted by Crippen LogP contribution is -2.27. The molecule has 1 aromatic heterocycles. The molecule has 1 saturated heterocycles. The number of nitrogens with one attached hydrogen (secondary N) is 1. The van der Waals surface area contributed by atoms with Crippen LogP contribution < -0.4 is 5.32 Å². The third-order valence-corrected chi connectivity index (χ3v) is 5.92. The fourth-order valence-corrected chi connectivity index (χ4v) is 4.11. The van der Waals surface area contributed by atoms with Crippen LogP contribution in [-0.4, -0.2) is 36.6 Å². The molecule has 1 aliphatic heterocycles. The molecule has 3 rings (SSSR count). The van der Waals surface area contributed by atoms with E-state index in [2.05, 4.69) is 5.32 Å². The minimum absolute atomic E-state index is 0.164. The SMILES string of the molecule is Cc1ccc([N+](=O)[O-])cc1NC(=O)c1ccc(S(=O)(=O)N2CCCC2)o1. The van der Waals surface area contributed by atoms with E-state index in [-0.39, 0.29) is 22.2 Å². The molecule has 0 spiro atoms. The summed E-state index contributed by atoms with van der Waals surface area (Å²) in [6, 6.07) is 6.59. The molecule has 0 aliphatic carbocycles. The second-order valence-corrected chi connectivity index (χ2v) is 7.81. The lowest BCUT2D eigenvalue weighted by Gasteiger charge is -2.12. The average molecular weight is 379 g/mol. The summed E-state index contributed by atoms with van der Waals surface area (Å²) >= 11 is 0. The van der Waals surface area contributed by atoms with Gasteiger partial charge >= 0.3 is 0 Å². The van der Waals surface area contributed by atoms with Gasteiger partial charge in [0.1, 0.15) is 0 Å². The molecule has 0 atom stereocenters. The average Bonchev–Trinajstić information content (AvgIpc) is 3.29. The van der Waals surface area contributed by atoms with Gasteiger partial charge in [-0.1, -0.05) is 6.07 Å². The highest BCUT2D eigenvalue weighted by Gasteiger charge is 2.30. The molecular formula is C16H17N3O6S. The molecular weight excluding hydrogens is 362 g/mol. The van der Waals surface area contributed by atoms with Gasteiger partial charge in [0, 0.05) is 25.2 Å². The number of nitrogens with zero attached hydrogens (tertiary/aromatic N) is 2. The van der Waals surface area contributed by atoms with Crippen LogP contribution in [0.15, 0.2) is 39.8 Å². The van der Waals surface area contributed by atoms with Crippen molar-refractivity contribution in [3.63, 3.8) is 0 Å². The molecule has 26 heavy (non-hydrogen) atoms. The topological polar surface area (TPSA) is 123 Å². The van der Waals surface area contributed by atoms with Crippen molar-refractivity contribution in [3.8, 4) is 0 Å². The van der Waals surface area contributed by atoms with Gasteiger partial charge < -0.3 is 9.73 Å². The van der Waals surface area contributed by atoms with Crippen LogP contribution in [0.2, 0.25) is 0 Å². The Kier molecular flexibility index (Phi) is 4.79. The summed E-state index contributed by atoms with van der Waals surface area (Å²) < 4.78 is 31.4. The Morgan fingerprint density at radius 1 is 1.23 bits per heavy atom. The minimum Gasteiger partial charge on any atom is -0.438 e. The zero-order valence-electron chi connectivity index (χ0n) is 14.0. The largest absolute Gasteiger partial charge is 0.438 e. The number of hydrogen-bond donors (Lipinski definition) is 1. The van der Waals surface area contributed by atoms with Crippen LogP contribution in [0.1, 0.15) is 29.0 Å². The number of carbonyl (C=O) groups excluding carboxylic acids is 1. The van der Waals surface area contributed by atoms with Crippen LogP contribution in [0.5, 0.6) is 0 Å². The molecule has 1 amide bonds. The van der Waals surface area contributed by atoms with E-state index < -0.39 is 20.9 Å². The maximum Gasteiger partial charge on any atom is 0.291 e. The van der Waals surface area contributed by atoms with Crippen LogP contribution >= 0.6 is 0 Å². The van der Waals surface area contributed by atoms with Gasteiger partial charge in [-0.3, -0.25) is 14.9 Å². The van der Waals surface area contributed by atoms with E-state index in [1.165, 1.54) is 34.6 Å². The maximum atomic E-state index is 12.4. The minimum atomic E-state index is -3.75. The molecule has 2 aromatic rings.